The lowest BCUT2D eigenvalue weighted by molar-refractivity contribution is -0.152. The van der Waals surface area contributed by atoms with Crippen molar-refractivity contribution < 1.29 is 19.5 Å². The van der Waals surface area contributed by atoms with E-state index >= 15 is 0 Å². The zero-order valence-electron chi connectivity index (χ0n) is 11.4. The smallest absolute Gasteiger partial charge is 0.326 e. The Morgan fingerprint density at radius 3 is 2.48 bits per heavy atom. The lowest BCUT2D eigenvalue weighted by Gasteiger charge is -2.35. The summed E-state index contributed by atoms with van der Waals surface area (Å²) >= 11 is 0. The molecular weight excluding hydrogens is 274 g/mol. The van der Waals surface area contributed by atoms with Crippen LogP contribution < -0.4 is 11.5 Å². The molecule has 1 aliphatic heterocycles. The van der Waals surface area contributed by atoms with E-state index in [1.54, 1.807) is 0 Å². The second-order valence-corrected chi connectivity index (χ2v) is 5.07. The van der Waals surface area contributed by atoms with Crippen LogP contribution in [0.2, 0.25) is 0 Å². The van der Waals surface area contributed by atoms with Crippen LogP contribution in [0, 0.1) is 0 Å². The maximum absolute atomic E-state index is 12.3. The molecule has 0 bridgehead atoms. The summed E-state index contributed by atoms with van der Waals surface area (Å²) in [7, 11) is 0. The van der Waals surface area contributed by atoms with Crippen LogP contribution in [0.25, 0.3) is 0 Å². The van der Waals surface area contributed by atoms with E-state index in [4.69, 9.17) is 11.5 Å². The number of fused-ring (bicyclic) bond motifs is 1. The Labute approximate surface area is 121 Å². The molecule has 2 rings (SSSR count). The molecule has 1 heterocycles. The summed E-state index contributed by atoms with van der Waals surface area (Å²) in [4.78, 5) is 35.8. The van der Waals surface area contributed by atoms with Gasteiger partial charge in [-0.2, -0.15) is 0 Å². The number of nitrogens with zero attached hydrogens (tertiary/aromatic N) is 1. The van der Waals surface area contributed by atoms with E-state index in [0.29, 0.717) is 0 Å². The summed E-state index contributed by atoms with van der Waals surface area (Å²) in [5.74, 6) is -2.36. The fourth-order valence-corrected chi connectivity index (χ4v) is 2.49. The molecule has 21 heavy (non-hydrogen) atoms. The first-order chi connectivity index (χ1) is 9.90. The van der Waals surface area contributed by atoms with Crippen molar-refractivity contribution in [1.82, 2.24) is 4.90 Å². The van der Waals surface area contributed by atoms with E-state index in [1.165, 1.54) is 4.90 Å². The van der Waals surface area contributed by atoms with Crippen molar-refractivity contribution in [2.24, 2.45) is 11.5 Å². The molecule has 0 unspecified atom stereocenters. The van der Waals surface area contributed by atoms with Gasteiger partial charge >= 0.3 is 5.97 Å². The summed E-state index contributed by atoms with van der Waals surface area (Å²) in [6, 6.07) is 5.24. The van der Waals surface area contributed by atoms with Gasteiger partial charge in [0.2, 0.25) is 11.8 Å². The molecule has 5 N–H and O–H groups in total. The van der Waals surface area contributed by atoms with Crippen molar-refractivity contribution in [3.05, 3.63) is 35.4 Å². The molecule has 0 spiro atoms. The van der Waals surface area contributed by atoms with Crippen LogP contribution in [0.3, 0.4) is 0 Å². The molecule has 0 aliphatic carbocycles. The molecule has 0 aromatic heterocycles. The van der Waals surface area contributed by atoms with Crippen molar-refractivity contribution in [1.29, 1.82) is 0 Å². The first-order valence-corrected chi connectivity index (χ1v) is 6.54. The average Bonchev–Trinajstić information content (AvgIpc) is 2.44. The van der Waals surface area contributed by atoms with Gasteiger partial charge < -0.3 is 21.5 Å². The molecule has 2 atom stereocenters. The van der Waals surface area contributed by atoms with Crippen LogP contribution in [0.4, 0.5) is 0 Å². The van der Waals surface area contributed by atoms with E-state index in [1.807, 2.05) is 24.3 Å². The third kappa shape index (κ3) is 3.19. The topological polar surface area (TPSA) is 127 Å². The molecule has 1 aromatic carbocycles. The highest BCUT2D eigenvalue weighted by molar-refractivity contribution is 5.90. The second kappa shape index (κ2) is 5.92. The third-order valence-corrected chi connectivity index (χ3v) is 3.55. The largest absolute Gasteiger partial charge is 0.480 e. The summed E-state index contributed by atoms with van der Waals surface area (Å²) in [5, 5.41) is 9.32. The number of carbonyl (C=O) groups is 3. The van der Waals surface area contributed by atoms with Crippen molar-refractivity contribution >= 4 is 17.8 Å². The summed E-state index contributed by atoms with van der Waals surface area (Å²) in [5.41, 5.74) is 12.5. The summed E-state index contributed by atoms with van der Waals surface area (Å²) in [6.07, 6.45) is -0.0795. The summed E-state index contributed by atoms with van der Waals surface area (Å²) in [6.45, 7) is 0.165. The molecule has 0 radical (unpaired) electrons. The van der Waals surface area contributed by atoms with Crippen LogP contribution in [0.15, 0.2) is 24.3 Å². The Morgan fingerprint density at radius 2 is 1.90 bits per heavy atom. The third-order valence-electron chi connectivity index (χ3n) is 3.55. The summed E-state index contributed by atoms with van der Waals surface area (Å²) < 4.78 is 0. The van der Waals surface area contributed by atoms with Crippen molar-refractivity contribution in [3.63, 3.8) is 0 Å². The van der Waals surface area contributed by atoms with Crippen LogP contribution in [0.1, 0.15) is 17.5 Å². The monoisotopic (exact) mass is 291 g/mol. The lowest BCUT2D eigenvalue weighted by Crippen LogP contribution is -2.54. The maximum Gasteiger partial charge on any atom is 0.326 e. The van der Waals surface area contributed by atoms with Crippen molar-refractivity contribution in [3.8, 4) is 0 Å². The maximum atomic E-state index is 12.3. The molecule has 0 saturated carbocycles. The Hall–Kier alpha value is -2.41. The fraction of sp³-hybridized carbons (Fsp3) is 0.357. The molecule has 0 fully saturated rings. The number of carboxylic acid groups (broad SMARTS) is 1. The molecule has 7 nitrogen and oxygen atoms in total. The van der Waals surface area contributed by atoms with Gasteiger partial charge in [0.15, 0.2) is 0 Å². The van der Waals surface area contributed by atoms with Crippen molar-refractivity contribution in [2.45, 2.75) is 31.5 Å². The van der Waals surface area contributed by atoms with Gasteiger partial charge in [-0.15, -0.1) is 0 Å². The van der Waals surface area contributed by atoms with Gasteiger partial charge in [0, 0.05) is 13.0 Å². The minimum absolute atomic E-state index is 0.165. The minimum atomic E-state index is -1.12. The van der Waals surface area contributed by atoms with E-state index in [9.17, 15) is 19.5 Å². The first kappa shape index (κ1) is 15.0. The predicted molar refractivity (Wildman–Crippen MR) is 73.9 cm³/mol. The highest BCUT2D eigenvalue weighted by Gasteiger charge is 2.36. The first-order valence-electron chi connectivity index (χ1n) is 6.54. The number of amides is 2. The standard InChI is InChI=1S/C14H17N3O4/c15-10(6-12(16)18)13(19)17-7-9-4-2-1-3-8(9)5-11(17)14(20)21/h1-4,10-11H,5-7,15H2,(H2,16,18)(H,20,21)/t10-,11-/m0/s1. The number of primary amides is 1. The highest BCUT2D eigenvalue weighted by atomic mass is 16.4. The Balaban J connectivity index is 2.26. The Bertz CT molecular complexity index is 587. The number of aliphatic carboxylic acids is 1. The quantitative estimate of drug-likeness (QED) is 0.671. The van der Waals surface area contributed by atoms with Crippen LogP contribution in [-0.4, -0.2) is 39.9 Å². The number of hydrogen-bond donors (Lipinski definition) is 3. The highest BCUT2D eigenvalue weighted by Crippen LogP contribution is 2.24. The fourth-order valence-electron chi connectivity index (χ4n) is 2.49. The normalized spacial score (nSPS) is 18.7. The van der Waals surface area contributed by atoms with Gasteiger partial charge in [0.25, 0.3) is 0 Å². The van der Waals surface area contributed by atoms with E-state index < -0.39 is 29.9 Å². The van der Waals surface area contributed by atoms with E-state index in [2.05, 4.69) is 0 Å². The zero-order valence-corrected chi connectivity index (χ0v) is 11.4. The van der Waals surface area contributed by atoms with Crippen LogP contribution >= 0.6 is 0 Å². The molecule has 1 aromatic rings. The number of benzene rings is 1. The predicted octanol–water partition coefficient (Wildman–Crippen LogP) is -0.773. The SMILES string of the molecule is NC(=O)C[C@H](N)C(=O)N1Cc2ccccc2C[C@H]1C(=O)O. The van der Waals surface area contributed by atoms with Crippen LogP contribution in [-0.2, 0) is 27.3 Å². The number of nitrogens with two attached hydrogens (primary N) is 2. The van der Waals surface area contributed by atoms with Gasteiger partial charge in [0.1, 0.15) is 6.04 Å². The molecule has 1 aliphatic rings. The van der Waals surface area contributed by atoms with Gasteiger partial charge in [-0.25, -0.2) is 4.79 Å². The molecule has 7 heteroatoms. The molecule has 2 amide bonds. The number of carboxylic acids is 1. The van der Waals surface area contributed by atoms with Crippen molar-refractivity contribution in [2.75, 3.05) is 0 Å². The Morgan fingerprint density at radius 1 is 1.29 bits per heavy atom. The second-order valence-electron chi connectivity index (χ2n) is 5.07. The molecular formula is C14H17N3O4. The number of rotatable bonds is 4. The Kier molecular flexibility index (Phi) is 4.23. The van der Waals surface area contributed by atoms with Gasteiger partial charge in [-0.3, -0.25) is 9.59 Å². The van der Waals surface area contributed by atoms with Crippen LogP contribution in [0.5, 0.6) is 0 Å². The number of hydrogen-bond acceptors (Lipinski definition) is 4. The minimum Gasteiger partial charge on any atom is -0.480 e. The molecule has 112 valence electrons. The lowest BCUT2D eigenvalue weighted by atomic mass is 9.93. The van der Waals surface area contributed by atoms with Gasteiger partial charge in [0.05, 0.1) is 12.5 Å². The van der Waals surface area contributed by atoms with Gasteiger partial charge in [-0.05, 0) is 11.1 Å². The zero-order chi connectivity index (χ0) is 15.6. The van der Waals surface area contributed by atoms with E-state index in [-0.39, 0.29) is 19.4 Å². The van der Waals surface area contributed by atoms with E-state index in [0.717, 1.165) is 11.1 Å². The van der Waals surface area contributed by atoms with Gasteiger partial charge in [-0.1, -0.05) is 24.3 Å². The number of carbonyl (C=O) groups excluding carboxylic acids is 2. The average molecular weight is 291 g/mol. The molecule has 0 saturated heterocycles.